The molecule has 0 saturated heterocycles. The van der Waals surface area contributed by atoms with Crippen LogP contribution in [-0.4, -0.2) is 9.78 Å². The van der Waals surface area contributed by atoms with Gasteiger partial charge in [-0.1, -0.05) is 42.8 Å². The molecular formula is C17H22ClN3. The van der Waals surface area contributed by atoms with Crippen molar-refractivity contribution in [3.63, 3.8) is 0 Å². The SMILES string of the molecule is Cc1nn(C)c(Cl)c1CC1(N)CCC(C)c2ccccc21. The number of fused-ring (bicyclic) bond motifs is 1. The third-order valence-electron chi connectivity index (χ3n) is 4.81. The fourth-order valence-corrected chi connectivity index (χ4v) is 3.76. The molecule has 0 amide bonds. The summed E-state index contributed by atoms with van der Waals surface area (Å²) >= 11 is 6.40. The van der Waals surface area contributed by atoms with Crippen molar-refractivity contribution < 1.29 is 0 Å². The molecular weight excluding hydrogens is 282 g/mol. The second kappa shape index (κ2) is 5.15. The first-order valence-corrected chi connectivity index (χ1v) is 7.86. The van der Waals surface area contributed by atoms with E-state index in [4.69, 9.17) is 17.3 Å². The Hall–Kier alpha value is -1.32. The summed E-state index contributed by atoms with van der Waals surface area (Å²) in [4.78, 5) is 0. The number of aryl methyl sites for hydroxylation is 2. The number of hydrogen-bond acceptors (Lipinski definition) is 2. The maximum atomic E-state index is 6.82. The summed E-state index contributed by atoms with van der Waals surface area (Å²) in [5.74, 6) is 0.573. The summed E-state index contributed by atoms with van der Waals surface area (Å²) in [7, 11) is 1.87. The number of nitrogens with zero attached hydrogens (tertiary/aromatic N) is 2. The second-order valence-electron chi connectivity index (χ2n) is 6.34. The highest BCUT2D eigenvalue weighted by molar-refractivity contribution is 6.30. The van der Waals surface area contributed by atoms with Gasteiger partial charge in [-0.05, 0) is 43.2 Å². The first-order valence-electron chi connectivity index (χ1n) is 7.48. The summed E-state index contributed by atoms with van der Waals surface area (Å²) < 4.78 is 1.73. The van der Waals surface area contributed by atoms with Gasteiger partial charge in [0, 0.05) is 18.2 Å². The minimum atomic E-state index is -0.347. The monoisotopic (exact) mass is 303 g/mol. The summed E-state index contributed by atoms with van der Waals surface area (Å²) in [6.45, 7) is 4.28. The summed E-state index contributed by atoms with van der Waals surface area (Å²) in [6.07, 6.45) is 2.84. The first-order chi connectivity index (χ1) is 9.92. The first kappa shape index (κ1) is 14.6. The van der Waals surface area contributed by atoms with Crippen molar-refractivity contribution in [2.75, 3.05) is 0 Å². The van der Waals surface area contributed by atoms with Crippen molar-refractivity contribution in [1.82, 2.24) is 9.78 Å². The molecule has 0 saturated carbocycles. The van der Waals surface area contributed by atoms with Crippen LogP contribution in [0, 0.1) is 6.92 Å². The van der Waals surface area contributed by atoms with Crippen molar-refractivity contribution in [3.8, 4) is 0 Å². The molecule has 0 radical (unpaired) electrons. The van der Waals surface area contributed by atoms with Crippen LogP contribution in [0.2, 0.25) is 5.15 Å². The van der Waals surface area contributed by atoms with E-state index in [0.717, 1.165) is 30.5 Å². The topological polar surface area (TPSA) is 43.8 Å². The molecule has 2 N–H and O–H groups in total. The number of rotatable bonds is 2. The minimum Gasteiger partial charge on any atom is -0.321 e. The van der Waals surface area contributed by atoms with Crippen LogP contribution < -0.4 is 5.73 Å². The van der Waals surface area contributed by atoms with Crippen molar-refractivity contribution in [3.05, 3.63) is 51.8 Å². The highest BCUT2D eigenvalue weighted by Gasteiger charge is 2.36. The Morgan fingerprint density at radius 2 is 2.14 bits per heavy atom. The average Bonchev–Trinajstić information content (AvgIpc) is 2.70. The van der Waals surface area contributed by atoms with Gasteiger partial charge in [0.05, 0.1) is 5.69 Å². The maximum Gasteiger partial charge on any atom is 0.130 e. The lowest BCUT2D eigenvalue weighted by Gasteiger charge is -2.38. The minimum absolute atomic E-state index is 0.347. The van der Waals surface area contributed by atoms with Gasteiger partial charge in [-0.25, -0.2) is 0 Å². The van der Waals surface area contributed by atoms with E-state index in [2.05, 4.69) is 36.3 Å². The van der Waals surface area contributed by atoms with Crippen LogP contribution >= 0.6 is 11.6 Å². The molecule has 1 aromatic heterocycles. The van der Waals surface area contributed by atoms with Gasteiger partial charge in [0.1, 0.15) is 5.15 Å². The number of aromatic nitrogens is 2. The Balaban J connectivity index is 2.04. The molecule has 4 heteroatoms. The molecule has 2 atom stereocenters. The smallest absolute Gasteiger partial charge is 0.130 e. The van der Waals surface area contributed by atoms with Gasteiger partial charge in [0.2, 0.25) is 0 Å². The Kier molecular flexibility index (Phi) is 3.58. The van der Waals surface area contributed by atoms with E-state index in [9.17, 15) is 0 Å². The molecule has 0 bridgehead atoms. The number of benzene rings is 1. The van der Waals surface area contributed by atoms with Gasteiger partial charge < -0.3 is 5.73 Å². The van der Waals surface area contributed by atoms with Crippen LogP contribution in [0.4, 0.5) is 0 Å². The van der Waals surface area contributed by atoms with E-state index in [0.29, 0.717) is 11.1 Å². The van der Waals surface area contributed by atoms with Crippen molar-refractivity contribution in [1.29, 1.82) is 0 Å². The molecule has 3 nitrogen and oxygen atoms in total. The van der Waals surface area contributed by atoms with Crippen LogP contribution in [0.3, 0.4) is 0 Å². The van der Waals surface area contributed by atoms with Gasteiger partial charge in [-0.3, -0.25) is 4.68 Å². The lowest BCUT2D eigenvalue weighted by Crippen LogP contribution is -2.42. The third-order valence-corrected chi connectivity index (χ3v) is 5.29. The predicted molar refractivity (Wildman–Crippen MR) is 86.6 cm³/mol. The molecule has 112 valence electrons. The van der Waals surface area contributed by atoms with Crippen LogP contribution in [-0.2, 0) is 19.0 Å². The van der Waals surface area contributed by atoms with Crippen LogP contribution in [0.15, 0.2) is 24.3 Å². The van der Waals surface area contributed by atoms with Crippen LogP contribution in [0.1, 0.15) is 48.1 Å². The summed E-state index contributed by atoms with van der Waals surface area (Å²) in [5, 5.41) is 5.11. The lowest BCUT2D eigenvalue weighted by atomic mass is 9.70. The quantitative estimate of drug-likeness (QED) is 0.920. The maximum absolute atomic E-state index is 6.82. The van der Waals surface area contributed by atoms with Crippen molar-refractivity contribution in [2.45, 2.75) is 44.6 Å². The van der Waals surface area contributed by atoms with Crippen LogP contribution in [0.5, 0.6) is 0 Å². The number of hydrogen-bond donors (Lipinski definition) is 1. The Labute approximate surface area is 131 Å². The standard InChI is InChI=1S/C17H22ClN3/c1-11-8-9-17(19,15-7-5-4-6-13(11)15)10-14-12(2)20-21(3)16(14)18/h4-7,11H,8-10,19H2,1-3H3. The second-order valence-corrected chi connectivity index (χ2v) is 6.70. The van der Waals surface area contributed by atoms with E-state index in [-0.39, 0.29) is 5.54 Å². The molecule has 21 heavy (non-hydrogen) atoms. The van der Waals surface area contributed by atoms with Gasteiger partial charge in [0.15, 0.2) is 0 Å². The molecule has 1 heterocycles. The molecule has 3 rings (SSSR count). The lowest BCUT2D eigenvalue weighted by molar-refractivity contribution is 0.348. The molecule has 0 aliphatic heterocycles. The van der Waals surface area contributed by atoms with E-state index in [1.807, 2.05) is 14.0 Å². The van der Waals surface area contributed by atoms with Crippen molar-refractivity contribution in [2.24, 2.45) is 12.8 Å². The molecule has 1 aliphatic rings. The highest BCUT2D eigenvalue weighted by Crippen LogP contribution is 2.42. The molecule has 0 spiro atoms. The predicted octanol–water partition coefficient (Wildman–Crippen LogP) is 3.68. The van der Waals surface area contributed by atoms with E-state index < -0.39 is 0 Å². The Morgan fingerprint density at radius 3 is 2.81 bits per heavy atom. The van der Waals surface area contributed by atoms with Gasteiger partial charge in [0.25, 0.3) is 0 Å². The molecule has 1 aromatic carbocycles. The molecule has 2 unspecified atom stereocenters. The highest BCUT2D eigenvalue weighted by atomic mass is 35.5. The van der Waals surface area contributed by atoms with Gasteiger partial charge in [-0.2, -0.15) is 5.10 Å². The van der Waals surface area contributed by atoms with Crippen molar-refractivity contribution >= 4 is 11.6 Å². The Bertz CT molecular complexity index is 677. The summed E-state index contributed by atoms with van der Waals surface area (Å²) in [5.41, 5.74) is 11.2. The fourth-order valence-electron chi connectivity index (χ4n) is 3.52. The van der Waals surface area contributed by atoms with E-state index >= 15 is 0 Å². The molecule has 1 aliphatic carbocycles. The van der Waals surface area contributed by atoms with Gasteiger partial charge in [-0.15, -0.1) is 0 Å². The zero-order chi connectivity index (χ0) is 15.2. The zero-order valence-corrected chi connectivity index (χ0v) is 13.6. The average molecular weight is 304 g/mol. The summed E-state index contributed by atoms with van der Waals surface area (Å²) in [6, 6.07) is 8.56. The zero-order valence-electron chi connectivity index (χ0n) is 12.9. The fraction of sp³-hybridized carbons (Fsp3) is 0.471. The van der Waals surface area contributed by atoms with E-state index in [1.54, 1.807) is 4.68 Å². The van der Waals surface area contributed by atoms with E-state index in [1.165, 1.54) is 11.1 Å². The Morgan fingerprint density at radius 1 is 1.43 bits per heavy atom. The molecule has 2 aromatic rings. The largest absolute Gasteiger partial charge is 0.321 e. The number of nitrogens with two attached hydrogens (primary N) is 1. The molecule has 0 fully saturated rings. The third kappa shape index (κ3) is 2.39. The number of halogens is 1. The van der Waals surface area contributed by atoms with Gasteiger partial charge >= 0.3 is 0 Å². The van der Waals surface area contributed by atoms with Crippen LogP contribution in [0.25, 0.3) is 0 Å². The normalized spacial score (nSPS) is 24.9.